The summed E-state index contributed by atoms with van der Waals surface area (Å²) in [6, 6.07) is 11.5. The molecule has 12 heteroatoms. The number of aliphatic hydroxyl groups excluding tert-OH is 2. The van der Waals surface area contributed by atoms with Crippen molar-refractivity contribution in [1.29, 1.82) is 0 Å². The first kappa shape index (κ1) is 39.7. The van der Waals surface area contributed by atoms with Gasteiger partial charge in [0.15, 0.2) is 11.5 Å². The lowest BCUT2D eigenvalue weighted by molar-refractivity contribution is -0.258. The lowest BCUT2D eigenvalue weighted by atomic mass is 9.55. The molecule has 3 aliphatic heterocycles. The van der Waals surface area contributed by atoms with Crippen LogP contribution in [-0.2, 0) is 20.9 Å². The van der Waals surface area contributed by atoms with Crippen LogP contribution in [0, 0.1) is 23.7 Å². The van der Waals surface area contributed by atoms with E-state index in [2.05, 4.69) is 23.6 Å². The first-order chi connectivity index (χ1) is 28.0. The number of carbonyl (C=O) groups excluding carboxylic acids is 1. The highest BCUT2D eigenvalue weighted by Crippen LogP contribution is 2.62. The molecule has 0 spiro atoms. The Bertz CT molecular complexity index is 1810. The van der Waals surface area contributed by atoms with E-state index in [1.807, 2.05) is 42.2 Å². The predicted molar refractivity (Wildman–Crippen MR) is 214 cm³/mol. The van der Waals surface area contributed by atoms with Gasteiger partial charge in [-0.05, 0) is 98.8 Å². The Labute approximate surface area is 336 Å². The van der Waals surface area contributed by atoms with Gasteiger partial charge in [0, 0.05) is 63.2 Å². The van der Waals surface area contributed by atoms with Gasteiger partial charge >= 0.3 is 0 Å². The Hall–Kier alpha value is -4.10. The minimum absolute atomic E-state index is 0.0701. The van der Waals surface area contributed by atoms with Crippen molar-refractivity contribution in [2.45, 2.75) is 89.0 Å². The zero-order valence-corrected chi connectivity index (χ0v) is 33.3. The fraction of sp³-hybridized carbons (Fsp3) is 0.600. The lowest BCUT2D eigenvalue weighted by Crippen LogP contribution is -2.70. The number of oxime groups is 1. The molecule has 1 saturated heterocycles. The molecule has 3 heterocycles. The molecule has 1 amide bonds. The average molecular weight is 786 g/mol. The summed E-state index contributed by atoms with van der Waals surface area (Å²) in [5, 5.41) is 24.6. The Kier molecular flexibility index (Phi) is 12.4. The van der Waals surface area contributed by atoms with Crippen LogP contribution in [0.5, 0.6) is 23.0 Å². The van der Waals surface area contributed by atoms with Gasteiger partial charge in [0.1, 0.15) is 30.8 Å². The molecule has 0 bridgehead atoms. The smallest absolute Gasteiger partial charge is 0.239 e. The molecule has 2 aromatic carbocycles. The van der Waals surface area contributed by atoms with Crippen molar-refractivity contribution in [2.24, 2.45) is 28.8 Å². The monoisotopic (exact) mass is 785 g/mol. The summed E-state index contributed by atoms with van der Waals surface area (Å²) in [4.78, 5) is 25.0. The minimum atomic E-state index is -1.31. The van der Waals surface area contributed by atoms with Gasteiger partial charge in [0.05, 0.1) is 18.2 Å². The van der Waals surface area contributed by atoms with Gasteiger partial charge in [-0.2, -0.15) is 0 Å². The largest absolute Gasteiger partial charge is 0.492 e. The molecule has 6 unspecified atom stereocenters. The maximum atomic E-state index is 14.8. The highest BCUT2D eigenvalue weighted by Gasteiger charge is 2.66. The number of amides is 1. The third kappa shape index (κ3) is 8.42. The normalized spacial score (nSPS) is 27.5. The highest BCUT2D eigenvalue weighted by atomic mass is 16.7. The van der Waals surface area contributed by atoms with Crippen LogP contribution in [0.25, 0.3) is 0 Å². The van der Waals surface area contributed by atoms with Crippen molar-refractivity contribution in [2.75, 3.05) is 59.5 Å². The molecule has 6 aliphatic rings. The second-order valence-corrected chi connectivity index (χ2v) is 16.3. The standard InChI is InChI=1S/C45H59N3O9/c1-3-22-55-45-41(48(44(51)31-12-13-31)28-30-11-15-39-40(24-30)54-29-53-39)27-37(46-56-4-2)35-25-32(9-5-7-20-49)34(10-6-8-21-50)42(43(35)45)36-26-33(14-16-38(36)57-45)52-23-19-47-17-18-47/h3,11,14-16,24-26,31-32,34,41-43,49-50H,1,4-10,12-13,17-23,27-29H2,2H3. The molecular weight excluding hydrogens is 727 g/mol. The summed E-state index contributed by atoms with van der Waals surface area (Å²) in [5.74, 6) is 1.38. The van der Waals surface area contributed by atoms with Crippen LogP contribution >= 0.6 is 0 Å². The Morgan fingerprint density at radius 1 is 1.04 bits per heavy atom. The molecule has 308 valence electrons. The van der Waals surface area contributed by atoms with Crippen LogP contribution in [0.2, 0.25) is 0 Å². The summed E-state index contributed by atoms with van der Waals surface area (Å²) in [6.45, 7) is 11.1. The van der Waals surface area contributed by atoms with Crippen LogP contribution in [-0.4, -0.2) is 103 Å². The Morgan fingerprint density at radius 2 is 1.82 bits per heavy atom. The van der Waals surface area contributed by atoms with E-state index >= 15 is 0 Å². The Balaban J connectivity index is 1.29. The molecule has 3 aliphatic carbocycles. The van der Waals surface area contributed by atoms with Crippen molar-refractivity contribution in [3.63, 3.8) is 0 Å². The van der Waals surface area contributed by atoms with E-state index in [4.69, 9.17) is 33.7 Å². The van der Waals surface area contributed by atoms with Crippen molar-refractivity contribution in [3.05, 3.63) is 71.8 Å². The highest BCUT2D eigenvalue weighted by molar-refractivity contribution is 6.03. The van der Waals surface area contributed by atoms with Crippen LogP contribution in [0.3, 0.4) is 0 Å². The quantitative estimate of drug-likeness (QED) is 0.0653. The van der Waals surface area contributed by atoms with Gasteiger partial charge in [0.25, 0.3) is 0 Å². The molecule has 12 nitrogen and oxygen atoms in total. The molecule has 2 saturated carbocycles. The number of rotatable bonds is 21. The summed E-state index contributed by atoms with van der Waals surface area (Å²) >= 11 is 0. The van der Waals surface area contributed by atoms with E-state index in [9.17, 15) is 15.0 Å². The van der Waals surface area contributed by atoms with Gasteiger partial charge in [-0.1, -0.05) is 36.2 Å². The molecule has 2 N–H and O–H groups in total. The fourth-order valence-corrected chi connectivity index (χ4v) is 9.61. The maximum absolute atomic E-state index is 14.8. The maximum Gasteiger partial charge on any atom is 0.239 e. The topological polar surface area (TPSA) is 132 Å². The second-order valence-electron chi connectivity index (χ2n) is 16.3. The number of benzene rings is 2. The molecule has 2 aromatic rings. The zero-order chi connectivity index (χ0) is 39.4. The Morgan fingerprint density at radius 3 is 2.58 bits per heavy atom. The number of nitrogens with zero attached hydrogens (tertiary/aromatic N) is 3. The van der Waals surface area contributed by atoms with Crippen molar-refractivity contribution in [3.8, 4) is 23.0 Å². The van der Waals surface area contributed by atoms with Crippen LogP contribution in [0.1, 0.15) is 81.8 Å². The van der Waals surface area contributed by atoms with E-state index in [0.29, 0.717) is 44.1 Å². The summed E-state index contributed by atoms with van der Waals surface area (Å²) < 4.78 is 32.3. The number of aliphatic hydroxyl groups is 2. The molecule has 3 fully saturated rings. The molecule has 57 heavy (non-hydrogen) atoms. The molecule has 0 radical (unpaired) electrons. The second kappa shape index (κ2) is 17.8. The minimum Gasteiger partial charge on any atom is -0.492 e. The van der Waals surface area contributed by atoms with Crippen molar-refractivity contribution >= 4 is 11.6 Å². The SMILES string of the molecule is C=CCOC12Oc3ccc(OCCN4CC4)cc3C3C(CCCCO)C(CCCCO)C=C(C(=NOCC)CC1N(Cc1ccc4c(c1)OCO4)C(=O)C1CC1)C32. The van der Waals surface area contributed by atoms with Gasteiger partial charge in [-0.15, -0.1) is 6.58 Å². The average Bonchev–Trinajstić information content (AvgIpc) is 4.18. The molecular formula is C45H59N3O9. The van der Waals surface area contributed by atoms with E-state index in [1.165, 1.54) is 0 Å². The van der Waals surface area contributed by atoms with Crippen molar-refractivity contribution < 1.29 is 43.5 Å². The van der Waals surface area contributed by atoms with Crippen LogP contribution in [0.15, 0.2) is 65.9 Å². The van der Waals surface area contributed by atoms with Gasteiger partial charge in [-0.3, -0.25) is 9.69 Å². The zero-order valence-electron chi connectivity index (χ0n) is 33.3. The third-order valence-corrected chi connectivity index (χ3v) is 12.5. The summed E-state index contributed by atoms with van der Waals surface area (Å²) in [7, 11) is 0. The van der Waals surface area contributed by atoms with Crippen LogP contribution < -0.4 is 18.9 Å². The third-order valence-electron chi connectivity index (χ3n) is 12.5. The number of unbranched alkanes of at least 4 members (excludes halogenated alkanes) is 2. The van der Waals surface area contributed by atoms with E-state index in [0.717, 1.165) is 98.5 Å². The van der Waals surface area contributed by atoms with Gasteiger partial charge < -0.3 is 43.6 Å². The fourth-order valence-electron chi connectivity index (χ4n) is 9.61. The number of fused-ring (bicyclic) bond motifs is 3. The molecule has 8 rings (SSSR count). The number of hydrogen-bond acceptors (Lipinski definition) is 11. The molecule has 6 atom stereocenters. The van der Waals surface area contributed by atoms with E-state index < -0.39 is 11.8 Å². The van der Waals surface area contributed by atoms with E-state index in [1.54, 1.807) is 6.08 Å². The lowest BCUT2D eigenvalue weighted by Gasteiger charge is -2.60. The number of hydrogen-bond donors (Lipinski definition) is 2. The number of allylic oxidation sites excluding steroid dienone is 1. The summed E-state index contributed by atoms with van der Waals surface area (Å²) in [5.41, 5.74) is 3.80. The number of ether oxygens (including phenoxy) is 5. The first-order valence-electron chi connectivity index (χ1n) is 21.2. The van der Waals surface area contributed by atoms with Crippen molar-refractivity contribution in [1.82, 2.24) is 9.80 Å². The number of carbonyl (C=O) groups is 1. The van der Waals surface area contributed by atoms with Gasteiger partial charge in [-0.25, -0.2) is 0 Å². The summed E-state index contributed by atoms with van der Waals surface area (Å²) in [6.07, 6.45) is 11.1. The van der Waals surface area contributed by atoms with Crippen LogP contribution in [0.4, 0.5) is 0 Å². The van der Waals surface area contributed by atoms with E-state index in [-0.39, 0.29) is 62.1 Å². The first-order valence-corrected chi connectivity index (χ1v) is 21.2. The predicted octanol–water partition coefficient (Wildman–Crippen LogP) is 6.20. The molecule has 0 aromatic heterocycles. The van der Waals surface area contributed by atoms with Gasteiger partial charge in [0.2, 0.25) is 18.5 Å².